The summed E-state index contributed by atoms with van der Waals surface area (Å²) in [5, 5.41) is 0. The van der Waals surface area contributed by atoms with Gasteiger partial charge in [-0.05, 0) is 49.2 Å². The molecular formula is C20H20N2O4S. The standard InChI is InChI=1S/C20H20N2O4S/c1-13-5-4-6-15(9-13)26-12-18(23)21-20-22(11-19(24)25-3)16-8-7-14(2)10-17(16)27-20/h4-10H,11-12H2,1-3H3. The largest absolute Gasteiger partial charge is 0.484 e. The van der Waals surface area contributed by atoms with Crippen LogP contribution in [-0.4, -0.2) is 30.2 Å². The second-order valence-electron chi connectivity index (χ2n) is 6.13. The van der Waals surface area contributed by atoms with Crippen LogP contribution >= 0.6 is 11.3 Å². The Morgan fingerprint density at radius 1 is 1.11 bits per heavy atom. The van der Waals surface area contributed by atoms with Crippen molar-refractivity contribution >= 4 is 33.4 Å². The average molecular weight is 384 g/mol. The van der Waals surface area contributed by atoms with Crippen LogP contribution in [0, 0.1) is 13.8 Å². The van der Waals surface area contributed by atoms with Crippen LogP contribution in [-0.2, 0) is 20.9 Å². The second-order valence-corrected chi connectivity index (χ2v) is 7.14. The maximum absolute atomic E-state index is 12.3. The molecule has 0 spiro atoms. The minimum atomic E-state index is -0.418. The van der Waals surface area contributed by atoms with E-state index in [0.29, 0.717) is 10.6 Å². The Kier molecular flexibility index (Phi) is 5.71. The first kappa shape index (κ1) is 18.8. The normalized spacial score (nSPS) is 11.6. The van der Waals surface area contributed by atoms with Gasteiger partial charge in [0.05, 0.1) is 17.3 Å². The third-order valence-corrected chi connectivity index (χ3v) is 4.97. The first-order valence-electron chi connectivity index (χ1n) is 8.40. The Morgan fingerprint density at radius 2 is 1.89 bits per heavy atom. The first-order chi connectivity index (χ1) is 13.0. The third kappa shape index (κ3) is 4.62. The fourth-order valence-electron chi connectivity index (χ4n) is 2.60. The topological polar surface area (TPSA) is 69.9 Å². The van der Waals surface area contributed by atoms with Gasteiger partial charge in [0, 0.05) is 0 Å². The lowest BCUT2D eigenvalue weighted by Crippen LogP contribution is -2.23. The molecule has 3 aromatic rings. The summed E-state index contributed by atoms with van der Waals surface area (Å²) in [6.07, 6.45) is 0. The number of aromatic nitrogens is 1. The summed E-state index contributed by atoms with van der Waals surface area (Å²) in [5.74, 6) is -0.202. The minimum absolute atomic E-state index is 0.00951. The van der Waals surface area contributed by atoms with Gasteiger partial charge in [-0.25, -0.2) is 0 Å². The molecule has 0 aliphatic carbocycles. The highest BCUT2D eigenvalue weighted by molar-refractivity contribution is 7.16. The number of nitrogens with zero attached hydrogens (tertiary/aromatic N) is 2. The smallest absolute Gasteiger partial charge is 0.325 e. The SMILES string of the molecule is COC(=O)Cn1c(=NC(=O)COc2cccc(C)c2)sc2cc(C)ccc21. The number of ether oxygens (including phenoxy) is 2. The molecule has 0 saturated carbocycles. The van der Waals surface area contributed by atoms with E-state index in [0.717, 1.165) is 21.3 Å². The maximum atomic E-state index is 12.3. The molecule has 0 aliphatic heterocycles. The first-order valence-corrected chi connectivity index (χ1v) is 9.22. The summed E-state index contributed by atoms with van der Waals surface area (Å²) < 4.78 is 12.9. The molecule has 1 heterocycles. The average Bonchev–Trinajstić information content (AvgIpc) is 2.96. The van der Waals surface area contributed by atoms with E-state index in [2.05, 4.69) is 4.99 Å². The van der Waals surface area contributed by atoms with Crippen molar-refractivity contribution in [3.63, 3.8) is 0 Å². The van der Waals surface area contributed by atoms with Crippen molar-refractivity contribution in [3.8, 4) is 5.75 Å². The van der Waals surface area contributed by atoms with Crippen LogP contribution in [0.15, 0.2) is 47.5 Å². The quantitative estimate of drug-likeness (QED) is 0.634. The van der Waals surface area contributed by atoms with Crippen LogP contribution in [0.25, 0.3) is 10.2 Å². The molecule has 0 radical (unpaired) electrons. The highest BCUT2D eigenvalue weighted by Crippen LogP contribution is 2.19. The molecular weight excluding hydrogens is 364 g/mol. The molecule has 0 atom stereocenters. The van der Waals surface area contributed by atoms with Crippen LogP contribution < -0.4 is 9.54 Å². The summed E-state index contributed by atoms with van der Waals surface area (Å²) in [6, 6.07) is 13.3. The lowest BCUT2D eigenvalue weighted by atomic mass is 10.2. The lowest BCUT2D eigenvalue weighted by Gasteiger charge is -2.05. The number of carbonyl (C=O) groups is 2. The van der Waals surface area contributed by atoms with Gasteiger partial charge in [-0.1, -0.05) is 29.5 Å². The van der Waals surface area contributed by atoms with Crippen molar-refractivity contribution in [2.24, 2.45) is 4.99 Å². The number of amides is 1. The lowest BCUT2D eigenvalue weighted by molar-refractivity contribution is -0.141. The predicted octanol–water partition coefficient (Wildman–Crippen LogP) is 3.00. The van der Waals surface area contributed by atoms with Gasteiger partial charge in [0.1, 0.15) is 12.3 Å². The fourth-order valence-corrected chi connectivity index (χ4v) is 3.75. The number of rotatable bonds is 5. The monoisotopic (exact) mass is 384 g/mol. The third-order valence-electron chi connectivity index (χ3n) is 3.93. The zero-order valence-corrected chi connectivity index (χ0v) is 16.2. The van der Waals surface area contributed by atoms with Gasteiger partial charge in [0.2, 0.25) is 0 Å². The summed E-state index contributed by atoms with van der Waals surface area (Å²) >= 11 is 1.36. The summed E-state index contributed by atoms with van der Waals surface area (Å²) in [4.78, 5) is 28.7. The highest BCUT2D eigenvalue weighted by atomic mass is 32.1. The van der Waals surface area contributed by atoms with Crippen LogP contribution in [0.1, 0.15) is 11.1 Å². The number of benzene rings is 2. The Labute approximate surface area is 160 Å². The Morgan fingerprint density at radius 3 is 2.63 bits per heavy atom. The fraction of sp³-hybridized carbons (Fsp3) is 0.250. The second kappa shape index (κ2) is 8.18. The number of carbonyl (C=O) groups excluding carboxylic acids is 2. The van der Waals surface area contributed by atoms with Gasteiger partial charge in [0.15, 0.2) is 11.4 Å². The summed E-state index contributed by atoms with van der Waals surface area (Å²) in [6.45, 7) is 3.76. The molecule has 6 nitrogen and oxygen atoms in total. The van der Waals surface area contributed by atoms with Crippen molar-refractivity contribution in [2.45, 2.75) is 20.4 Å². The van der Waals surface area contributed by atoms with E-state index in [1.165, 1.54) is 18.4 Å². The van der Waals surface area contributed by atoms with Gasteiger partial charge in [-0.3, -0.25) is 9.59 Å². The molecule has 0 aliphatic rings. The van der Waals surface area contributed by atoms with E-state index in [1.807, 2.05) is 50.2 Å². The van der Waals surface area contributed by atoms with Gasteiger partial charge in [-0.2, -0.15) is 4.99 Å². The minimum Gasteiger partial charge on any atom is -0.484 e. The number of fused-ring (bicyclic) bond motifs is 1. The number of hydrogen-bond donors (Lipinski definition) is 0. The maximum Gasteiger partial charge on any atom is 0.325 e. The number of hydrogen-bond acceptors (Lipinski definition) is 5. The summed E-state index contributed by atoms with van der Waals surface area (Å²) in [5.41, 5.74) is 2.98. The molecule has 7 heteroatoms. The van der Waals surface area contributed by atoms with Gasteiger partial charge in [-0.15, -0.1) is 0 Å². The Balaban J connectivity index is 1.90. The Bertz CT molecular complexity index is 1070. The van der Waals surface area contributed by atoms with Gasteiger partial charge in [0.25, 0.3) is 5.91 Å². The highest BCUT2D eigenvalue weighted by Gasteiger charge is 2.12. The molecule has 1 aromatic heterocycles. The van der Waals surface area contributed by atoms with Crippen LogP contribution in [0.2, 0.25) is 0 Å². The zero-order chi connectivity index (χ0) is 19.4. The van der Waals surface area contributed by atoms with E-state index in [4.69, 9.17) is 9.47 Å². The molecule has 140 valence electrons. The van der Waals surface area contributed by atoms with E-state index in [1.54, 1.807) is 10.6 Å². The molecule has 0 N–H and O–H groups in total. The zero-order valence-electron chi connectivity index (χ0n) is 15.4. The molecule has 0 unspecified atom stereocenters. The van der Waals surface area contributed by atoms with Crippen LogP contribution in [0.5, 0.6) is 5.75 Å². The molecule has 2 aromatic carbocycles. The molecule has 27 heavy (non-hydrogen) atoms. The number of aryl methyl sites for hydroxylation is 2. The van der Waals surface area contributed by atoms with Crippen LogP contribution in [0.4, 0.5) is 0 Å². The van der Waals surface area contributed by atoms with Gasteiger partial charge >= 0.3 is 5.97 Å². The van der Waals surface area contributed by atoms with E-state index >= 15 is 0 Å². The number of methoxy groups -OCH3 is 1. The predicted molar refractivity (Wildman–Crippen MR) is 104 cm³/mol. The van der Waals surface area contributed by atoms with Crippen molar-refractivity contribution < 1.29 is 19.1 Å². The molecule has 0 bridgehead atoms. The van der Waals surface area contributed by atoms with Crippen molar-refractivity contribution in [2.75, 3.05) is 13.7 Å². The van der Waals surface area contributed by atoms with E-state index < -0.39 is 11.9 Å². The van der Waals surface area contributed by atoms with E-state index in [-0.39, 0.29) is 13.2 Å². The number of esters is 1. The molecule has 1 amide bonds. The van der Waals surface area contributed by atoms with Gasteiger partial charge < -0.3 is 14.0 Å². The molecule has 3 rings (SSSR count). The molecule has 0 saturated heterocycles. The van der Waals surface area contributed by atoms with Crippen molar-refractivity contribution in [1.82, 2.24) is 4.57 Å². The van der Waals surface area contributed by atoms with Crippen molar-refractivity contribution in [3.05, 3.63) is 58.4 Å². The molecule has 0 fully saturated rings. The van der Waals surface area contributed by atoms with Crippen molar-refractivity contribution in [1.29, 1.82) is 0 Å². The van der Waals surface area contributed by atoms with Crippen LogP contribution in [0.3, 0.4) is 0 Å². The summed E-state index contributed by atoms with van der Waals surface area (Å²) in [7, 11) is 1.33. The Hall–Kier alpha value is -2.93. The van der Waals surface area contributed by atoms with E-state index in [9.17, 15) is 9.59 Å². The number of thiazole rings is 1.